The second kappa shape index (κ2) is 7.85. The van der Waals surface area contributed by atoms with Crippen molar-refractivity contribution in [1.82, 2.24) is 5.06 Å². The summed E-state index contributed by atoms with van der Waals surface area (Å²) in [5.74, 6) is 1.22. The molecule has 1 aliphatic heterocycles. The summed E-state index contributed by atoms with van der Waals surface area (Å²) in [7, 11) is 0. The summed E-state index contributed by atoms with van der Waals surface area (Å²) in [6.45, 7) is 7.67. The van der Waals surface area contributed by atoms with Crippen LogP contribution in [0, 0.1) is 5.92 Å². The quantitative estimate of drug-likeness (QED) is 0.762. The van der Waals surface area contributed by atoms with E-state index in [0.29, 0.717) is 11.8 Å². The van der Waals surface area contributed by atoms with Gasteiger partial charge in [-0.25, -0.2) is 0 Å². The van der Waals surface area contributed by atoms with Crippen LogP contribution in [0.4, 0.5) is 0 Å². The van der Waals surface area contributed by atoms with Gasteiger partial charge in [0, 0.05) is 22.4 Å². The third kappa shape index (κ3) is 4.24. The molecule has 1 aromatic heterocycles. The van der Waals surface area contributed by atoms with Gasteiger partial charge in [-0.05, 0) is 30.9 Å². The third-order valence-electron chi connectivity index (χ3n) is 4.16. The Hall–Kier alpha value is -1.00. The van der Waals surface area contributed by atoms with Gasteiger partial charge in [-0.3, -0.25) is 0 Å². The van der Waals surface area contributed by atoms with Crippen molar-refractivity contribution < 1.29 is 4.84 Å². The number of nitrogens with zero attached hydrogens (tertiary/aromatic N) is 1. The molecule has 0 spiro atoms. The highest BCUT2D eigenvalue weighted by Crippen LogP contribution is 2.35. The van der Waals surface area contributed by atoms with E-state index < -0.39 is 0 Å². The lowest BCUT2D eigenvalue weighted by Crippen LogP contribution is -2.29. The fourth-order valence-corrected chi connectivity index (χ4v) is 3.78. The SMILES string of the molecule is CCCCC(CC)CN1OC(N)=CC1c1ccc(CC)s1. The summed E-state index contributed by atoms with van der Waals surface area (Å²) >= 11 is 1.87. The highest BCUT2D eigenvalue weighted by atomic mass is 32.1. The molecule has 3 nitrogen and oxygen atoms in total. The molecule has 2 unspecified atom stereocenters. The van der Waals surface area contributed by atoms with Crippen molar-refractivity contribution in [2.75, 3.05) is 6.54 Å². The minimum atomic E-state index is 0.186. The van der Waals surface area contributed by atoms with Crippen molar-refractivity contribution in [3.63, 3.8) is 0 Å². The lowest BCUT2D eigenvalue weighted by atomic mass is 9.99. The molecule has 0 saturated heterocycles. The molecular weight excluding hydrogens is 280 g/mol. The molecule has 0 radical (unpaired) electrons. The maximum atomic E-state index is 5.91. The van der Waals surface area contributed by atoms with Crippen LogP contribution in [0.25, 0.3) is 0 Å². The molecule has 0 amide bonds. The van der Waals surface area contributed by atoms with Gasteiger partial charge in [0.1, 0.15) is 6.04 Å². The van der Waals surface area contributed by atoms with Crippen LogP contribution < -0.4 is 5.73 Å². The topological polar surface area (TPSA) is 38.5 Å². The first-order valence-electron chi connectivity index (χ1n) is 8.18. The Bertz CT molecular complexity index is 469. The molecule has 0 fully saturated rings. The van der Waals surface area contributed by atoms with Gasteiger partial charge in [0.15, 0.2) is 0 Å². The number of hydrogen-bond donors (Lipinski definition) is 1. The van der Waals surface area contributed by atoms with Crippen LogP contribution >= 0.6 is 11.3 Å². The smallest absolute Gasteiger partial charge is 0.207 e. The van der Waals surface area contributed by atoms with Crippen LogP contribution in [-0.2, 0) is 11.3 Å². The van der Waals surface area contributed by atoms with Gasteiger partial charge >= 0.3 is 0 Å². The Morgan fingerprint density at radius 2 is 2.14 bits per heavy atom. The zero-order chi connectivity index (χ0) is 15.2. The molecule has 0 bridgehead atoms. The van der Waals surface area contributed by atoms with E-state index in [-0.39, 0.29) is 6.04 Å². The van der Waals surface area contributed by atoms with Crippen LogP contribution in [0.15, 0.2) is 24.1 Å². The molecule has 0 saturated carbocycles. The molecule has 1 aliphatic rings. The standard InChI is InChI=1S/C17H28N2OS/c1-4-7-8-13(5-2)12-19-15(11-17(18)20-19)16-10-9-14(6-3)21-16/h9-11,13,15H,4-8,12,18H2,1-3H3. The van der Waals surface area contributed by atoms with E-state index in [2.05, 4.69) is 38.0 Å². The van der Waals surface area contributed by atoms with E-state index in [4.69, 9.17) is 10.6 Å². The monoisotopic (exact) mass is 308 g/mol. The third-order valence-corrected chi connectivity index (χ3v) is 5.46. The van der Waals surface area contributed by atoms with Crippen LogP contribution in [0.2, 0.25) is 0 Å². The van der Waals surface area contributed by atoms with Gasteiger partial charge in [0.05, 0.1) is 0 Å². The summed E-state index contributed by atoms with van der Waals surface area (Å²) < 4.78 is 0. The van der Waals surface area contributed by atoms with Crippen molar-refractivity contribution >= 4 is 11.3 Å². The Morgan fingerprint density at radius 3 is 2.76 bits per heavy atom. The molecule has 0 aromatic carbocycles. The number of thiophene rings is 1. The second-order valence-electron chi connectivity index (χ2n) is 5.78. The number of nitrogens with two attached hydrogens (primary N) is 1. The summed E-state index contributed by atoms with van der Waals surface area (Å²) in [5.41, 5.74) is 5.91. The first-order chi connectivity index (χ1) is 10.2. The fraction of sp³-hybridized carbons (Fsp3) is 0.647. The number of hydrogen-bond acceptors (Lipinski definition) is 4. The van der Waals surface area contributed by atoms with Crippen LogP contribution in [0.5, 0.6) is 0 Å². The molecule has 4 heteroatoms. The van der Waals surface area contributed by atoms with Gasteiger partial charge in [-0.2, -0.15) is 0 Å². The summed E-state index contributed by atoms with van der Waals surface area (Å²) in [4.78, 5) is 8.51. The molecule has 2 atom stereocenters. The Morgan fingerprint density at radius 1 is 1.33 bits per heavy atom. The average molecular weight is 308 g/mol. The lowest BCUT2D eigenvalue weighted by molar-refractivity contribution is -0.129. The van der Waals surface area contributed by atoms with Crippen molar-refractivity contribution in [1.29, 1.82) is 0 Å². The van der Waals surface area contributed by atoms with E-state index in [1.165, 1.54) is 35.4 Å². The van der Waals surface area contributed by atoms with E-state index >= 15 is 0 Å². The largest absolute Gasteiger partial charge is 0.388 e. The van der Waals surface area contributed by atoms with Crippen molar-refractivity contribution in [2.24, 2.45) is 11.7 Å². The van der Waals surface area contributed by atoms with Gasteiger partial charge < -0.3 is 10.6 Å². The highest BCUT2D eigenvalue weighted by molar-refractivity contribution is 7.12. The summed E-state index contributed by atoms with van der Waals surface area (Å²) in [6, 6.07) is 4.62. The number of hydroxylamine groups is 2. The summed E-state index contributed by atoms with van der Waals surface area (Å²) in [5, 5.41) is 2.07. The Kier molecular flexibility index (Phi) is 6.12. The molecule has 1 aromatic rings. The maximum absolute atomic E-state index is 5.91. The first kappa shape index (κ1) is 16.4. The van der Waals surface area contributed by atoms with E-state index in [0.717, 1.165) is 13.0 Å². The minimum absolute atomic E-state index is 0.186. The Labute approximate surface area is 132 Å². The molecule has 0 aliphatic carbocycles. The highest BCUT2D eigenvalue weighted by Gasteiger charge is 2.30. The molecular formula is C17H28N2OS. The molecule has 2 heterocycles. The molecule has 2 rings (SSSR count). The number of unbranched alkanes of at least 4 members (excludes halogenated alkanes) is 1. The second-order valence-corrected chi connectivity index (χ2v) is 6.98. The van der Waals surface area contributed by atoms with E-state index in [1.807, 2.05) is 17.4 Å². The summed E-state index contributed by atoms with van der Waals surface area (Å²) in [6.07, 6.45) is 8.13. The van der Waals surface area contributed by atoms with E-state index in [9.17, 15) is 0 Å². The Balaban J connectivity index is 2.04. The van der Waals surface area contributed by atoms with Crippen molar-refractivity contribution in [3.8, 4) is 0 Å². The van der Waals surface area contributed by atoms with Crippen molar-refractivity contribution in [2.45, 2.75) is 58.9 Å². The zero-order valence-corrected chi connectivity index (χ0v) is 14.3. The van der Waals surface area contributed by atoms with Gasteiger partial charge in [0.2, 0.25) is 5.88 Å². The predicted octanol–water partition coefficient (Wildman–Crippen LogP) is 4.62. The zero-order valence-electron chi connectivity index (χ0n) is 13.5. The average Bonchev–Trinajstić information content (AvgIpc) is 3.09. The fourth-order valence-electron chi connectivity index (χ4n) is 2.75. The van der Waals surface area contributed by atoms with E-state index in [1.54, 1.807) is 0 Å². The van der Waals surface area contributed by atoms with Gasteiger partial charge in [-0.1, -0.05) is 40.0 Å². The lowest BCUT2D eigenvalue weighted by Gasteiger charge is -2.26. The normalized spacial score (nSPS) is 20.3. The van der Waals surface area contributed by atoms with Crippen LogP contribution in [-0.4, -0.2) is 11.6 Å². The van der Waals surface area contributed by atoms with Crippen LogP contribution in [0.3, 0.4) is 0 Å². The molecule has 118 valence electrons. The first-order valence-corrected chi connectivity index (χ1v) is 9.00. The van der Waals surface area contributed by atoms with Gasteiger partial charge in [0.25, 0.3) is 0 Å². The minimum Gasteiger partial charge on any atom is -0.388 e. The van der Waals surface area contributed by atoms with Crippen LogP contribution in [0.1, 0.15) is 62.3 Å². The van der Waals surface area contributed by atoms with Gasteiger partial charge in [-0.15, -0.1) is 16.4 Å². The maximum Gasteiger partial charge on any atom is 0.207 e. The molecule has 21 heavy (non-hydrogen) atoms. The predicted molar refractivity (Wildman–Crippen MR) is 89.8 cm³/mol. The number of aryl methyl sites for hydroxylation is 1. The van der Waals surface area contributed by atoms with Crippen molar-refractivity contribution in [3.05, 3.63) is 33.8 Å². The molecule has 2 N–H and O–H groups in total. The number of rotatable bonds is 8.